The van der Waals surface area contributed by atoms with Gasteiger partial charge in [-0.3, -0.25) is 0 Å². The lowest BCUT2D eigenvalue weighted by Crippen LogP contribution is -2.36. The minimum Gasteiger partial charge on any atom is -0.457 e. The number of nitriles is 2. The molecule has 8 nitrogen and oxygen atoms in total. The van der Waals surface area contributed by atoms with Gasteiger partial charge < -0.3 is 29.4 Å². The predicted octanol–water partition coefficient (Wildman–Crippen LogP) is 3.90. The molecule has 0 aliphatic heterocycles. The quantitative estimate of drug-likeness (QED) is 0.276. The number of ether oxygens (including phenoxy) is 2. The largest absolute Gasteiger partial charge is 0.491 e. The summed E-state index contributed by atoms with van der Waals surface area (Å²) in [5.41, 5.74) is 3.07. The van der Waals surface area contributed by atoms with Crippen LogP contribution in [0.5, 0.6) is 23.0 Å². The Bertz CT molecular complexity index is 1480. The van der Waals surface area contributed by atoms with Gasteiger partial charge in [-0.15, -0.1) is 0 Å². The first kappa shape index (κ1) is 26.4. The zero-order valence-electron chi connectivity index (χ0n) is 20.2. The second kappa shape index (κ2) is 12.6. The summed E-state index contributed by atoms with van der Waals surface area (Å²) in [7, 11) is -1.33. The Hall–Kier alpha value is -4.64. The molecule has 3 N–H and O–H groups in total. The van der Waals surface area contributed by atoms with Crippen molar-refractivity contribution in [2.45, 2.75) is 19.8 Å². The van der Waals surface area contributed by atoms with Crippen molar-refractivity contribution in [2.24, 2.45) is 0 Å². The van der Waals surface area contributed by atoms with Crippen LogP contribution in [0.4, 0.5) is 0 Å². The van der Waals surface area contributed by atoms with Gasteiger partial charge in [-0.1, -0.05) is 12.1 Å². The summed E-state index contributed by atoms with van der Waals surface area (Å²) in [6.45, 7) is -0.602. The molecule has 0 saturated carbocycles. The molecular weight excluding hydrogens is 483 g/mol. The summed E-state index contributed by atoms with van der Waals surface area (Å²) in [4.78, 5) is 0. The molecule has 38 heavy (non-hydrogen) atoms. The number of rotatable bonds is 10. The molecule has 0 heterocycles. The van der Waals surface area contributed by atoms with E-state index < -0.39 is 7.12 Å². The first-order valence-electron chi connectivity index (χ1n) is 11.6. The summed E-state index contributed by atoms with van der Waals surface area (Å²) < 4.78 is 17.2. The maximum Gasteiger partial charge on any atom is 0.491 e. The van der Waals surface area contributed by atoms with Crippen LogP contribution in [0.3, 0.4) is 0 Å². The van der Waals surface area contributed by atoms with E-state index in [4.69, 9.17) is 24.7 Å². The monoisotopic (exact) mass is 506 g/mol. The van der Waals surface area contributed by atoms with Gasteiger partial charge in [0.2, 0.25) is 0 Å². The Morgan fingerprint density at radius 1 is 0.605 bits per heavy atom. The number of hydrogen-bond acceptors (Lipinski definition) is 8. The van der Waals surface area contributed by atoms with E-state index in [0.717, 1.165) is 0 Å². The van der Waals surface area contributed by atoms with Crippen LogP contribution >= 0.6 is 0 Å². The molecule has 0 amide bonds. The fourth-order valence-electron chi connectivity index (χ4n) is 3.70. The second-order valence-electron chi connectivity index (χ2n) is 8.25. The van der Waals surface area contributed by atoms with Gasteiger partial charge in [0.05, 0.1) is 43.1 Å². The van der Waals surface area contributed by atoms with Crippen molar-refractivity contribution in [3.63, 3.8) is 0 Å². The van der Waals surface area contributed by atoms with Gasteiger partial charge in [0.1, 0.15) is 23.0 Å². The van der Waals surface area contributed by atoms with Crippen LogP contribution in [0.15, 0.2) is 84.9 Å². The SMILES string of the molecule is N#Cc1ccc(Oc2ccc(COB(O)c3ccc(Oc4ccc(C#N)cc4)cc3CO)c(CO)c2)cc1. The molecular formula is C29H23BN2O6. The first-order valence-corrected chi connectivity index (χ1v) is 11.6. The Morgan fingerprint density at radius 3 is 1.58 bits per heavy atom. The standard InChI is InChI=1S/C29H23BN2O6/c31-15-20-1-6-25(7-2-20)37-27-10-5-22(23(13-27)17-33)19-36-30(35)29-12-11-28(14-24(29)18-34)38-26-8-3-21(16-32)4-9-26/h1-14,33-35H,17-19H2. The number of nitrogens with zero attached hydrogens (tertiary/aromatic N) is 2. The van der Waals surface area contributed by atoms with E-state index in [1.807, 2.05) is 12.1 Å². The van der Waals surface area contributed by atoms with E-state index >= 15 is 0 Å². The molecule has 0 atom stereocenters. The van der Waals surface area contributed by atoms with Gasteiger partial charge in [0.15, 0.2) is 0 Å². The third kappa shape index (κ3) is 6.57. The molecule has 0 aliphatic carbocycles. The van der Waals surface area contributed by atoms with Crippen LogP contribution in [0, 0.1) is 22.7 Å². The maximum absolute atomic E-state index is 10.7. The molecule has 0 radical (unpaired) electrons. The van der Waals surface area contributed by atoms with Crippen LogP contribution < -0.4 is 14.9 Å². The van der Waals surface area contributed by atoms with Crippen LogP contribution in [0.25, 0.3) is 0 Å². The number of aliphatic hydroxyl groups is 2. The Balaban J connectivity index is 1.41. The zero-order valence-corrected chi connectivity index (χ0v) is 20.2. The molecule has 9 heteroatoms. The van der Waals surface area contributed by atoms with Crippen molar-refractivity contribution in [3.05, 3.63) is 113 Å². The van der Waals surface area contributed by atoms with Crippen molar-refractivity contribution >= 4 is 12.6 Å². The van der Waals surface area contributed by atoms with E-state index in [-0.39, 0.29) is 19.8 Å². The summed E-state index contributed by atoms with van der Waals surface area (Å²) in [6.07, 6.45) is 0. The highest BCUT2D eigenvalue weighted by molar-refractivity contribution is 6.60. The van der Waals surface area contributed by atoms with Crippen molar-refractivity contribution in [1.29, 1.82) is 10.5 Å². The summed E-state index contributed by atoms with van der Waals surface area (Å²) in [5.74, 6) is 2.04. The average molecular weight is 506 g/mol. The fraction of sp³-hybridized carbons (Fsp3) is 0.103. The molecule has 0 unspecified atom stereocenters. The minimum atomic E-state index is -1.33. The predicted molar refractivity (Wildman–Crippen MR) is 140 cm³/mol. The number of benzene rings is 4. The maximum atomic E-state index is 10.7. The Kier molecular flexibility index (Phi) is 8.73. The van der Waals surface area contributed by atoms with Gasteiger partial charge in [0.25, 0.3) is 0 Å². The van der Waals surface area contributed by atoms with E-state index in [2.05, 4.69) is 0 Å². The van der Waals surface area contributed by atoms with E-state index in [1.165, 1.54) is 0 Å². The molecule has 188 valence electrons. The van der Waals surface area contributed by atoms with Crippen LogP contribution in [-0.2, 0) is 24.5 Å². The molecule has 0 spiro atoms. The summed E-state index contributed by atoms with van der Waals surface area (Å²) in [5, 5.41) is 48.2. The highest BCUT2D eigenvalue weighted by atomic mass is 16.5. The molecule has 0 bridgehead atoms. The van der Waals surface area contributed by atoms with E-state index in [1.54, 1.807) is 84.9 Å². The third-order valence-electron chi connectivity index (χ3n) is 5.73. The minimum absolute atomic E-state index is 0.00255. The molecule has 0 saturated heterocycles. The van der Waals surface area contributed by atoms with E-state index in [0.29, 0.717) is 56.3 Å². The van der Waals surface area contributed by atoms with E-state index in [9.17, 15) is 15.2 Å². The van der Waals surface area contributed by atoms with Crippen molar-refractivity contribution in [2.75, 3.05) is 0 Å². The zero-order chi connectivity index (χ0) is 26.9. The van der Waals surface area contributed by atoms with Gasteiger partial charge in [-0.2, -0.15) is 10.5 Å². The average Bonchev–Trinajstić information content (AvgIpc) is 2.97. The van der Waals surface area contributed by atoms with Crippen LogP contribution in [0.2, 0.25) is 0 Å². The number of aliphatic hydroxyl groups excluding tert-OH is 2. The molecule has 4 aromatic rings. The van der Waals surface area contributed by atoms with Gasteiger partial charge in [0, 0.05) is 0 Å². The van der Waals surface area contributed by atoms with Crippen molar-refractivity contribution < 1.29 is 29.4 Å². The Morgan fingerprint density at radius 2 is 1.08 bits per heavy atom. The molecule has 4 aromatic carbocycles. The smallest absolute Gasteiger partial charge is 0.457 e. The van der Waals surface area contributed by atoms with Crippen molar-refractivity contribution in [1.82, 2.24) is 0 Å². The van der Waals surface area contributed by atoms with Gasteiger partial charge >= 0.3 is 7.12 Å². The highest BCUT2D eigenvalue weighted by Crippen LogP contribution is 2.26. The van der Waals surface area contributed by atoms with Crippen molar-refractivity contribution in [3.8, 4) is 35.1 Å². The molecule has 0 aliphatic rings. The molecule has 0 aromatic heterocycles. The number of hydrogen-bond donors (Lipinski definition) is 3. The van der Waals surface area contributed by atoms with Gasteiger partial charge in [-0.25, -0.2) is 0 Å². The Labute approximate surface area is 220 Å². The lowest BCUT2D eigenvalue weighted by Gasteiger charge is -2.16. The highest BCUT2D eigenvalue weighted by Gasteiger charge is 2.21. The van der Waals surface area contributed by atoms with Crippen LogP contribution in [-0.4, -0.2) is 22.4 Å². The van der Waals surface area contributed by atoms with Gasteiger partial charge in [-0.05, 0) is 94.9 Å². The topological polar surface area (TPSA) is 136 Å². The fourth-order valence-corrected chi connectivity index (χ4v) is 3.70. The molecule has 0 fully saturated rings. The lowest BCUT2D eigenvalue weighted by molar-refractivity contribution is 0.246. The van der Waals surface area contributed by atoms with Crippen LogP contribution in [0.1, 0.15) is 27.8 Å². The third-order valence-corrected chi connectivity index (χ3v) is 5.73. The first-order chi connectivity index (χ1) is 18.5. The molecule has 4 rings (SSSR count). The second-order valence-corrected chi connectivity index (χ2v) is 8.25. The summed E-state index contributed by atoms with van der Waals surface area (Å²) >= 11 is 0. The normalized spacial score (nSPS) is 10.3. The lowest BCUT2D eigenvalue weighted by atomic mass is 9.76. The summed E-state index contributed by atoms with van der Waals surface area (Å²) in [6, 6.07) is 27.4.